The third kappa shape index (κ3) is 2.58. The minimum Gasteiger partial charge on any atom is -0.481 e. The molecule has 23 heavy (non-hydrogen) atoms. The molecule has 2 aliphatic rings. The monoisotopic (exact) mass is 316 g/mol. The summed E-state index contributed by atoms with van der Waals surface area (Å²) in [5.41, 5.74) is 0.920. The average Bonchev–Trinajstić information content (AvgIpc) is 3.09. The maximum absolute atomic E-state index is 12.6. The van der Waals surface area contributed by atoms with Crippen molar-refractivity contribution in [1.29, 1.82) is 0 Å². The highest BCUT2D eigenvalue weighted by Gasteiger charge is 2.51. The summed E-state index contributed by atoms with van der Waals surface area (Å²) >= 11 is 0. The van der Waals surface area contributed by atoms with Gasteiger partial charge in [-0.1, -0.05) is 18.2 Å². The fourth-order valence-corrected chi connectivity index (χ4v) is 3.59. The van der Waals surface area contributed by atoms with Crippen LogP contribution in [0.2, 0.25) is 0 Å². The molecule has 7 heteroatoms. The fourth-order valence-electron chi connectivity index (χ4n) is 3.59. The van der Waals surface area contributed by atoms with E-state index in [0.29, 0.717) is 17.7 Å². The number of amides is 1. The SMILES string of the molecule is Cc1ccc([N+](=O)[O-])cc1NC(=O)[C@@H]1[C@@H](C(=O)O)[C@H]2C=C[C@@H]1C2. The summed E-state index contributed by atoms with van der Waals surface area (Å²) < 4.78 is 0. The Hall–Kier alpha value is -2.70. The lowest BCUT2D eigenvalue weighted by atomic mass is 9.82. The van der Waals surface area contributed by atoms with Gasteiger partial charge in [-0.25, -0.2) is 0 Å². The van der Waals surface area contributed by atoms with Crippen LogP contribution in [-0.2, 0) is 9.59 Å². The summed E-state index contributed by atoms with van der Waals surface area (Å²) in [6.07, 6.45) is 4.43. The van der Waals surface area contributed by atoms with Gasteiger partial charge in [0, 0.05) is 12.1 Å². The highest BCUT2D eigenvalue weighted by molar-refractivity contribution is 5.97. The lowest BCUT2D eigenvalue weighted by molar-refractivity contribution is -0.384. The zero-order valence-electron chi connectivity index (χ0n) is 12.4. The van der Waals surface area contributed by atoms with Crippen LogP contribution < -0.4 is 5.32 Å². The number of allylic oxidation sites excluding steroid dienone is 2. The van der Waals surface area contributed by atoms with Crippen molar-refractivity contribution >= 4 is 23.3 Å². The summed E-state index contributed by atoms with van der Waals surface area (Å²) in [5.74, 6) is -2.93. The van der Waals surface area contributed by atoms with Gasteiger partial charge in [0.05, 0.1) is 22.4 Å². The van der Waals surface area contributed by atoms with Gasteiger partial charge >= 0.3 is 5.97 Å². The van der Waals surface area contributed by atoms with Gasteiger partial charge in [-0.2, -0.15) is 0 Å². The molecule has 4 atom stereocenters. The molecule has 0 aromatic heterocycles. The molecule has 1 amide bonds. The van der Waals surface area contributed by atoms with Crippen LogP contribution in [0.4, 0.5) is 11.4 Å². The second-order valence-corrected chi connectivity index (χ2v) is 6.08. The van der Waals surface area contributed by atoms with Crippen molar-refractivity contribution in [1.82, 2.24) is 0 Å². The van der Waals surface area contributed by atoms with Crippen molar-refractivity contribution in [3.63, 3.8) is 0 Å². The number of carbonyl (C=O) groups excluding carboxylic acids is 1. The number of nitro groups is 1. The number of carboxylic acids is 1. The second-order valence-electron chi connectivity index (χ2n) is 6.08. The normalized spacial score (nSPS) is 27.9. The molecule has 0 saturated heterocycles. The molecule has 0 spiro atoms. The van der Waals surface area contributed by atoms with E-state index in [9.17, 15) is 24.8 Å². The predicted molar refractivity (Wildman–Crippen MR) is 81.8 cm³/mol. The molecule has 0 unspecified atom stereocenters. The molecular weight excluding hydrogens is 300 g/mol. The largest absolute Gasteiger partial charge is 0.481 e. The average molecular weight is 316 g/mol. The number of non-ortho nitro benzene ring substituents is 1. The maximum atomic E-state index is 12.6. The first-order valence-corrected chi connectivity index (χ1v) is 7.35. The van der Waals surface area contributed by atoms with Crippen LogP contribution in [0.25, 0.3) is 0 Å². The van der Waals surface area contributed by atoms with Crippen LogP contribution in [0.1, 0.15) is 12.0 Å². The molecule has 0 aliphatic heterocycles. The van der Waals surface area contributed by atoms with Crippen LogP contribution in [-0.4, -0.2) is 21.9 Å². The van der Waals surface area contributed by atoms with Crippen molar-refractivity contribution in [3.8, 4) is 0 Å². The third-order valence-electron chi connectivity index (χ3n) is 4.74. The lowest BCUT2D eigenvalue weighted by Gasteiger charge is -2.24. The van der Waals surface area contributed by atoms with Gasteiger partial charge in [0.2, 0.25) is 5.91 Å². The number of benzene rings is 1. The molecule has 2 bridgehead atoms. The number of rotatable bonds is 4. The lowest BCUT2D eigenvalue weighted by Crippen LogP contribution is -2.36. The summed E-state index contributed by atoms with van der Waals surface area (Å²) in [6.45, 7) is 1.73. The van der Waals surface area contributed by atoms with Gasteiger partial charge in [-0.15, -0.1) is 0 Å². The molecule has 1 aromatic rings. The van der Waals surface area contributed by atoms with E-state index >= 15 is 0 Å². The molecule has 2 aliphatic carbocycles. The highest BCUT2D eigenvalue weighted by atomic mass is 16.6. The fraction of sp³-hybridized carbons (Fsp3) is 0.375. The first-order chi connectivity index (χ1) is 10.9. The Balaban J connectivity index is 1.85. The van der Waals surface area contributed by atoms with Gasteiger partial charge in [0.25, 0.3) is 5.69 Å². The number of aliphatic carboxylic acids is 1. The Bertz CT molecular complexity index is 727. The molecule has 1 aromatic carbocycles. The van der Waals surface area contributed by atoms with Crippen LogP contribution in [0.15, 0.2) is 30.4 Å². The maximum Gasteiger partial charge on any atom is 0.307 e. The Morgan fingerprint density at radius 2 is 1.91 bits per heavy atom. The number of nitro benzene ring substituents is 1. The van der Waals surface area contributed by atoms with Crippen molar-refractivity contribution in [2.45, 2.75) is 13.3 Å². The predicted octanol–water partition coefficient (Wildman–Crippen LogP) is 2.36. The Labute approximate surface area is 132 Å². The van der Waals surface area contributed by atoms with Crippen molar-refractivity contribution in [2.75, 3.05) is 5.32 Å². The number of hydrogen-bond donors (Lipinski definition) is 2. The number of anilines is 1. The molecule has 0 radical (unpaired) electrons. The molecule has 0 heterocycles. The number of hydrogen-bond acceptors (Lipinski definition) is 4. The quantitative estimate of drug-likeness (QED) is 0.503. The standard InChI is InChI=1S/C16H16N2O5/c1-8-2-5-11(18(22)23)7-12(8)17-15(19)13-9-3-4-10(6-9)14(13)16(20)21/h2-5,7,9-10,13-14H,6H2,1H3,(H,17,19)(H,20,21)/t9-,10+,13+,14+/m1/s1. The van der Waals surface area contributed by atoms with Gasteiger partial charge < -0.3 is 10.4 Å². The van der Waals surface area contributed by atoms with E-state index in [1.807, 2.05) is 12.2 Å². The van der Waals surface area contributed by atoms with Crippen LogP contribution in [0, 0.1) is 40.7 Å². The van der Waals surface area contributed by atoms with E-state index in [0.717, 1.165) is 0 Å². The first kappa shape index (κ1) is 15.2. The van der Waals surface area contributed by atoms with E-state index in [1.165, 1.54) is 12.1 Å². The minimum atomic E-state index is -0.974. The van der Waals surface area contributed by atoms with Crippen LogP contribution in [0.3, 0.4) is 0 Å². The van der Waals surface area contributed by atoms with Gasteiger partial charge in [-0.05, 0) is 30.7 Å². The van der Waals surface area contributed by atoms with Crippen LogP contribution in [0.5, 0.6) is 0 Å². The Morgan fingerprint density at radius 3 is 2.52 bits per heavy atom. The highest BCUT2D eigenvalue weighted by Crippen LogP contribution is 2.48. The molecule has 1 saturated carbocycles. The number of carboxylic acid groups (broad SMARTS) is 1. The molecule has 3 rings (SSSR count). The van der Waals surface area contributed by atoms with Crippen molar-refractivity contribution in [3.05, 3.63) is 46.0 Å². The molecule has 2 N–H and O–H groups in total. The zero-order valence-corrected chi connectivity index (χ0v) is 12.4. The Morgan fingerprint density at radius 1 is 1.26 bits per heavy atom. The number of aryl methyl sites for hydroxylation is 1. The van der Waals surface area contributed by atoms with Crippen molar-refractivity contribution in [2.24, 2.45) is 23.7 Å². The van der Waals surface area contributed by atoms with E-state index < -0.39 is 28.6 Å². The third-order valence-corrected chi connectivity index (χ3v) is 4.74. The van der Waals surface area contributed by atoms with Crippen LogP contribution >= 0.6 is 0 Å². The Kier molecular flexibility index (Phi) is 3.63. The number of carbonyl (C=O) groups is 2. The summed E-state index contributed by atoms with van der Waals surface area (Å²) in [6, 6.07) is 4.22. The van der Waals surface area contributed by atoms with E-state index in [2.05, 4.69) is 5.32 Å². The number of nitrogens with one attached hydrogen (secondary N) is 1. The molecule has 120 valence electrons. The topological polar surface area (TPSA) is 110 Å². The smallest absolute Gasteiger partial charge is 0.307 e. The molecule has 7 nitrogen and oxygen atoms in total. The number of nitrogens with zero attached hydrogens (tertiary/aromatic N) is 1. The minimum absolute atomic E-state index is 0.0832. The summed E-state index contributed by atoms with van der Waals surface area (Å²) in [5, 5.41) is 22.9. The van der Waals surface area contributed by atoms with Gasteiger partial charge in [-0.3, -0.25) is 19.7 Å². The van der Waals surface area contributed by atoms with E-state index in [1.54, 1.807) is 13.0 Å². The second kappa shape index (κ2) is 5.49. The van der Waals surface area contributed by atoms with E-state index in [4.69, 9.17) is 0 Å². The van der Waals surface area contributed by atoms with Gasteiger partial charge in [0.1, 0.15) is 0 Å². The molecular formula is C16H16N2O5. The summed E-state index contributed by atoms with van der Waals surface area (Å²) in [7, 11) is 0. The first-order valence-electron chi connectivity index (χ1n) is 7.35. The number of fused-ring (bicyclic) bond motifs is 2. The summed E-state index contributed by atoms with van der Waals surface area (Å²) in [4.78, 5) is 34.4. The van der Waals surface area contributed by atoms with Crippen molar-refractivity contribution < 1.29 is 19.6 Å². The van der Waals surface area contributed by atoms with E-state index in [-0.39, 0.29) is 17.5 Å². The molecule has 1 fully saturated rings. The zero-order chi connectivity index (χ0) is 16.7. The van der Waals surface area contributed by atoms with Gasteiger partial charge in [0.15, 0.2) is 0 Å².